The average Bonchev–Trinajstić information content (AvgIpc) is 3.06. The highest BCUT2D eigenvalue weighted by Gasteiger charge is 2.54. The average molecular weight is 294 g/mol. The number of alkyl halides is 6. The molecule has 1 saturated carbocycles. The monoisotopic (exact) mass is 294 g/mol. The predicted molar refractivity (Wildman–Crippen MR) is 57.4 cm³/mol. The van der Waals surface area contributed by atoms with Gasteiger partial charge in [0.2, 0.25) is 0 Å². The zero-order valence-corrected chi connectivity index (χ0v) is 9.86. The minimum atomic E-state index is -5.00. The maximum absolute atomic E-state index is 13.0. The number of nitrogens with two attached hydrogens (primary N) is 1. The summed E-state index contributed by atoms with van der Waals surface area (Å²) in [5.41, 5.74) is -1.18. The fourth-order valence-corrected chi connectivity index (χ4v) is 2.17. The van der Waals surface area contributed by atoms with Crippen LogP contribution in [-0.4, -0.2) is 0 Å². The third-order valence-corrected chi connectivity index (χ3v) is 3.21. The molecular formula is C12H8F6N2. The smallest absolute Gasteiger partial charge is 0.399 e. The molecule has 0 aliphatic heterocycles. The van der Waals surface area contributed by atoms with E-state index in [9.17, 15) is 26.3 Å². The van der Waals surface area contributed by atoms with Gasteiger partial charge in [0.15, 0.2) is 0 Å². The van der Waals surface area contributed by atoms with Gasteiger partial charge in [0, 0.05) is 5.69 Å². The van der Waals surface area contributed by atoms with Crippen LogP contribution in [0, 0.1) is 11.3 Å². The first-order valence-electron chi connectivity index (χ1n) is 5.51. The molecule has 1 aliphatic rings. The van der Waals surface area contributed by atoms with Crippen molar-refractivity contribution in [1.29, 1.82) is 5.26 Å². The van der Waals surface area contributed by atoms with Gasteiger partial charge < -0.3 is 5.73 Å². The topological polar surface area (TPSA) is 49.8 Å². The summed E-state index contributed by atoms with van der Waals surface area (Å²) in [4.78, 5) is 0. The number of hydrogen-bond donors (Lipinski definition) is 1. The van der Waals surface area contributed by atoms with E-state index in [2.05, 4.69) is 0 Å². The van der Waals surface area contributed by atoms with E-state index in [1.54, 1.807) is 6.07 Å². The molecule has 2 nitrogen and oxygen atoms in total. The van der Waals surface area contributed by atoms with Gasteiger partial charge in [0.1, 0.15) is 0 Å². The highest BCUT2D eigenvalue weighted by molar-refractivity contribution is 5.58. The number of hydrogen-bond acceptors (Lipinski definition) is 2. The molecule has 1 aliphatic carbocycles. The van der Waals surface area contributed by atoms with Crippen LogP contribution < -0.4 is 5.73 Å². The van der Waals surface area contributed by atoms with Crippen molar-refractivity contribution >= 4 is 5.69 Å². The van der Waals surface area contributed by atoms with Crippen LogP contribution in [0.2, 0.25) is 0 Å². The predicted octanol–water partition coefficient (Wildman–Crippen LogP) is 3.86. The molecule has 0 bridgehead atoms. The summed E-state index contributed by atoms with van der Waals surface area (Å²) in [6, 6.07) is 2.47. The number of rotatable bonds is 1. The first kappa shape index (κ1) is 14.5. The number of halogens is 6. The standard InChI is InChI=1S/C12H8F6N2/c13-11(14,15)7-3-6(20)4-8(12(16,17)18)9(7)10(5-19)1-2-10/h3-4H,1-2,20H2. The molecule has 2 N–H and O–H groups in total. The van der Waals surface area contributed by atoms with E-state index < -0.39 is 40.1 Å². The molecule has 1 fully saturated rings. The Morgan fingerprint density at radius 3 is 1.65 bits per heavy atom. The van der Waals surface area contributed by atoms with Gasteiger partial charge in [-0.1, -0.05) is 0 Å². The molecular weight excluding hydrogens is 286 g/mol. The molecule has 0 radical (unpaired) electrons. The quantitative estimate of drug-likeness (QED) is 0.631. The largest absolute Gasteiger partial charge is 0.416 e. The Morgan fingerprint density at radius 2 is 1.40 bits per heavy atom. The SMILES string of the molecule is N#CC1(c2c(C(F)(F)F)cc(N)cc2C(F)(F)F)CC1. The summed E-state index contributed by atoms with van der Waals surface area (Å²) in [6.07, 6.45) is -10.1. The first-order valence-corrected chi connectivity index (χ1v) is 5.51. The van der Waals surface area contributed by atoms with Crippen LogP contribution in [-0.2, 0) is 17.8 Å². The Hall–Kier alpha value is -1.91. The van der Waals surface area contributed by atoms with Gasteiger partial charge in [-0.25, -0.2) is 0 Å². The summed E-state index contributed by atoms with van der Waals surface area (Å²) in [7, 11) is 0. The molecule has 0 unspecified atom stereocenters. The van der Waals surface area contributed by atoms with Crippen molar-refractivity contribution in [1.82, 2.24) is 0 Å². The van der Waals surface area contributed by atoms with E-state index in [4.69, 9.17) is 11.0 Å². The highest BCUT2D eigenvalue weighted by Crippen LogP contribution is 2.55. The van der Waals surface area contributed by atoms with E-state index in [-0.39, 0.29) is 12.8 Å². The second-order valence-electron chi connectivity index (χ2n) is 4.68. The molecule has 0 aromatic heterocycles. The van der Waals surface area contributed by atoms with Gasteiger partial charge in [-0.15, -0.1) is 0 Å². The van der Waals surface area contributed by atoms with Gasteiger partial charge in [-0.2, -0.15) is 31.6 Å². The van der Waals surface area contributed by atoms with Crippen molar-refractivity contribution in [3.63, 3.8) is 0 Å². The number of benzene rings is 1. The van der Waals surface area contributed by atoms with Crippen LogP contribution in [0.1, 0.15) is 29.5 Å². The van der Waals surface area contributed by atoms with Gasteiger partial charge in [-0.05, 0) is 30.5 Å². The van der Waals surface area contributed by atoms with Crippen LogP contribution in [0.15, 0.2) is 12.1 Å². The van der Waals surface area contributed by atoms with Crippen LogP contribution in [0.3, 0.4) is 0 Å². The maximum atomic E-state index is 13.0. The zero-order valence-electron chi connectivity index (χ0n) is 9.86. The summed E-state index contributed by atoms with van der Waals surface area (Å²) < 4.78 is 77.8. The third-order valence-electron chi connectivity index (χ3n) is 3.21. The van der Waals surface area contributed by atoms with Crippen LogP contribution in [0.5, 0.6) is 0 Å². The van der Waals surface area contributed by atoms with Gasteiger partial charge in [0.25, 0.3) is 0 Å². The molecule has 8 heteroatoms. The molecule has 1 aromatic rings. The van der Waals surface area contributed by atoms with Crippen LogP contribution >= 0.6 is 0 Å². The molecule has 0 amide bonds. The Balaban J connectivity index is 2.83. The summed E-state index contributed by atoms with van der Waals surface area (Å²) >= 11 is 0. The van der Waals surface area contributed by atoms with Crippen LogP contribution in [0.25, 0.3) is 0 Å². The van der Waals surface area contributed by atoms with Crippen molar-refractivity contribution in [3.05, 3.63) is 28.8 Å². The lowest BCUT2D eigenvalue weighted by Gasteiger charge is -2.22. The molecule has 0 heterocycles. The molecule has 0 spiro atoms. The summed E-state index contributed by atoms with van der Waals surface area (Å²) in [5.74, 6) is 0. The van der Waals surface area contributed by atoms with Crippen molar-refractivity contribution in [2.24, 2.45) is 0 Å². The summed E-state index contributed by atoms with van der Waals surface area (Å²) in [5, 5.41) is 8.94. The zero-order chi connectivity index (χ0) is 15.3. The lowest BCUT2D eigenvalue weighted by atomic mass is 9.87. The second kappa shape index (κ2) is 4.04. The van der Waals surface area contributed by atoms with Crippen molar-refractivity contribution in [2.75, 3.05) is 5.73 Å². The van der Waals surface area contributed by atoms with Crippen molar-refractivity contribution in [3.8, 4) is 6.07 Å². The van der Waals surface area contributed by atoms with E-state index in [1.807, 2.05) is 0 Å². The third kappa shape index (κ3) is 2.28. The number of nitrogen functional groups attached to an aromatic ring is 1. The Morgan fingerprint density at radius 1 is 1.00 bits per heavy atom. The number of anilines is 1. The molecule has 0 saturated heterocycles. The van der Waals surface area contributed by atoms with E-state index in [1.165, 1.54) is 0 Å². The Labute approximate surface area is 109 Å². The maximum Gasteiger partial charge on any atom is 0.416 e. The Bertz CT molecular complexity index is 554. The van der Waals surface area contributed by atoms with Crippen molar-refractivity contribution < 1.29 is 26.3 Å². The lowest BCUT2D eigenvalue weighted by molar-refractivity contribution is -0.144. The molecule has 2 rings (SSSR count). The lowest BCUT2D eigenvalue weighted by Crippen LogP contribution is -2.22. The van der Waals surface area contributed by atoms with E-state index in [0.29, 0.717) is 12.1 Å². The first-order chi connectivity index (χ1) is 9.01. The number of nitrogens with zero attached hydrogens (tertiary/aromatic N) is 1. The molecule has 108 valence electrons. The normalized spacial score (nSPS) is 17.6. The molecule has 20 heavy (non-hydrogen) atoms. The van der Waals surface area contributed by atoms with Crippen molar-refractivity contribution in [2.45, 2.75) is 30.6 Å². The van der Waals surface area contributed by atoms with Crippen LogP contribution in [0.4, 0.5) is 32.0 Å². The van der Waals surface area contributed by atoms with Gasteiger partial charge in [0.05, 0.1) is 22.6 Å². The molecule has 1 aromatic carbocycles. The minimum Gasteiger partial charge on any atom is -0.399 e. The fraction of sp³-hybridized carbons (Fsp3) is 0.417. The number of nitriles is 1. The fourth-order valence-electron chi connectivity index (χ4n) is 2.17. The Kier molecular flexibility index (Phi) is 2.93. The minimum absolute atomic E-state index is 0.0282. The summed E-state index contributed by atoms with van der Waals surface area (Å²) in [6.45, 7) is 0. The van der Waals surface area contributed by atoms with Gasteiger partial charge in [-0.3, -0.25) is 0 Å². The van der Waals surface area contributed by atoms with E-state index in [0.717, 1.165) is 0 Å². The second-order valence-corrected chi connectivity index (χ2v) is 4.68. The van der Waals surface area contributed by atoms with Gasteiger partial charge >= 0.3 is 12.4 Å². The molecule has 0 atom stereocenters. The highest BCUT2D eigenvalue weighted by atomic mass is 19.4. The van der Waals surface area contributed by atoms with E-state index >= 15 is 0 Å².